The summed E-state index contributed by atoms with van der Waals surface area (Å²) in [5, 5.41) is 14.9. The largest absolute Gasteiger partial charge is 0.493 e. The minimum absolute atomic E-state index is 0.0836. The molecule has 128 valence electrons. The van der Waals surface area contributed by atoms with E-state index in [4.69, 9.17) is 4.74 Å². The molecule has 0 atom stereocenters. The Morgan fingerprint density at radius 3 is 2.80 bits per heavy atom. The molecule has 0 bridgehead atoms. The first-order valence-electron chi connectivity index (χ1n) is 7.80. The molecule has 3 aromatic rings. The minimum Gasteiger partial charge on any atom is -0.493 e. The Hall–Kier alpha value is -3.35. The summed E-state index contributed by atoms with van der Waals surface area (Å²) in [6, 6.07) is 11.7. The Balaban J connectivity index is 1.97. The van der Waals surface area contributed by atoms with Gasteiger partial charge in [-0.05, 0) is 44.2 Å². The minimum atomic E-state index is -0.587. The molecule has 25 heavy (non-hydrogen) atoms. The van der Waals surface area contributed by atoms with Crippen LogP contribution in [0.15, 0.2) is 42.5 Å². The van der Waals surface area contributed by atoms with E-state index in [0.717, 1.165) is 16.6 Å². The van der Waals surface area contributed by atoms with E-state index in [1.54, 1.807) is 19.1 Å². The van der Waals surface area contributed by atoms with Crippen molar-refractivity contribution in [1.82, 2.24) is 4.98 Å². The summed E-state index contributed by atoms with van der Waals surface area (Å²) in [5.41, 5.74) is 2.14. The molecular weight excluding hydrogens is 322 g/mol. The Bertz CT molecular complexity index is 962. The topological polar surface area (TPSA) is 97.3 Å². The van der Waals surface area contributed by atoms with Crippen LogP contribution in [-0.2, 0) is 0 Å². The maximum absolute atomic E-state index is 12.7. The second kappa shape index (κ2) is 6.64. The molecular formula is C18H17N3O4. The number of carbonyl (C=O) groups is 1. The summed E-state index contributed by atoms with van der Waals surface area (Å²) in [7, 11) is 0. The number of fused-ring (bicyclic) bond motifs is 1. The van der Waals surface area contributed by atoms with Gasteiger partial charge in [-0.2, -0.15) is 0 Å². The zero-order chi connectivity index (χ0) is 18.0. The molecule has 0 unspecified atom stereocenters. The molecule has 2 N–H and O–H groups in total. The monoisotopic (exact) mass is 339 g/mol. The van der Waals surface area contributed by atoms with Crippen LogP contribution in [0.2, 0.25) is 0 Å². The van der Waals surface area contributed by atoms with Crippen LogP contribution in [0.4, 0.5) is 11.4 Å². The molecule has 0 aliphatic heterocycles. The Labute approximate surface area is 143 Å². The van der Waals surface area contributed by atoms with Crippen LogP contribution in [0.25, 0.3) is 10.9 Å². The number of nitro benzene ring substituents is 1. The number of ether oxygens (including phenoxy) is 1. The van der Waals surface area contributed by atoms with Crippen molar-refractivity contribution in [1.29, 1.82) is 0 Å². The molecule has 0 spiro atoms. The van der Waals surface area contributed by atoms with Gasteiger partial charge in [0.1, 0.15) is 5.75 Å². The molecule has 0 aliphatic carbocycles. The number of nitrogens with zero attached hydrogens (tertiary/aromatic N) is 1. The average molecular weight is 339 g/mol. The highest BCUT2D eigenvalue weighted by Crippen LogP contribution is 2.30. The number of aromatic nitrogens is 1. The molecule has 2 aromatic carbocycles. The van der Waals surface area contributed by atoms with Crippen LogP contribution < -0.4 is 10.1 Å². The van der Waals surface area contributed by atoms with E-state index in [0.29, 0.717) is 12.3 Å². The number of hydrogen-bond donors (Lipinski definition) is 2. The van der Waals surface area contributed by atoms with Gasteiger partial charge >= 0.3 is 0 Å². The van der Waals surface area contributed by atoms with Crippen LogP contribution in [0.5, 0.6) is 5.75 Å². The lowest BCUT2D eigenvalue weighted by molar-refractivity contribution is -0.385. The van der Waals surface area contributed by atoms with E-state index in [-0.39, 0.29) is 17.0 Å². The zero-order valence-electron chi connectivity index (χ0n) is 13.8. The Morgan fingerprint density at radius 2 is 2.08 bits per heavy atom. The van der Waals surface area contributed by atoms with Crippen molar-refractivity contribution in [2.45, 2.75) is 13.8 Å². The molecule has 1 aromatic heterocycles. The number of rotatable bonds is 5. The van der Waals surface area contributed by atoms with Crippen LogP contribution in [0, 0.1) is 17.0 Å². The average Bonchev–Trinajstić information content (AvgIpc) is 2.94. The molecule has 0 saturated heterocycles. The van der Waals surface area contributed by atoms with E-state index in [1.807, 2.05) is 25.1 Å². The number of anilines is 1. The number of carbonyl (C=O) groups excluding carboxylic acids is 1. The van der Waals surface area contributed by atoms with Gasteiger partial charge in [0, 0.05) is 28.4 Å². The van der Waals surface area contributed by atoms with Crippen molar-refractivity contribution in [3.05, 3.63) is 63.8 Å². The van der Waals surface area contributed by atoms with Crippen molar-refractivity contribution in [2.75, 3.05) is 11.9 Å². The lowest BCUT2D eigenvalue weighted by atomic mass is 10.1. The van der Waals surface area contributed by atoms with Gasteiger partial charge in [0.25, 0.3) is 11.6 Å². The van der Waals surface area contributed by atoms with Gasteiger partial charge in [-0.25, -0.2) is 0 Å². The van der Waals surface area contributed by atoms with Crippen LogP contribution >= 0.6 is 0 Å². The summed E-state index contributed by atoms with van der Waals surface area (Å²) in [5.74, 6) is -0.393. The Kier molecular flexibility index (Phi) is 4.38. The van der Waals surface area contributed by atoms with Gasteiger partial charge in [-0.3, -0.25) is 14.9 Å². The van der Waals surface area contributed by atoms with Gasteiger partial charge in [0.15, 0.2) is 5.56 Å². The maximum Gasteiger partial charge on any atom is 0.285 e. The molecule has 7 nitrogen and oxygen atoms in total. The number of H-pyrrole nitrogens is 1. The first-order chi connectivity index (χ1) is 12.0. The lowest BCUT2D eigenvalue weighted by Crippen LogP contribution is -2.15. The molecule has 0 fully saturated rings. The van der Waals surface area contributed by atoms with E-state index in [1.165, 1.54) is 12.1 Å². The summed E-state index contributed by atoms with van der Waals surface area (Å²) >= 11 is 0. The molecule has 1 amide bonds. The lowest BCUT2D eigenvalue weighted by Gasteiger charge is -2.11. The third kappa shape index (κ3) is 3.30. The van der Waals surface area contributed by atoms with Crippen molar-refractivity contribution < 1.29 is 14.5 Å². The second-order valence-corrected chi connectivity index (χ2v) is 5.55. The van der Waals surface area contributed by atoms with Crippen molar-refractivity contribution in [2.24, 2.45) is 0 Å². The standard InChI is InChI=1S/C18H17N3O4/c1-3-25-16-6-4-5-15(21(23)24)17(16)18(22)20-13-7-8-14-12(10-13)9-11(2)19-14/h4-10,19H,3H2,1-2H3,(H,20,22). The van der Waals surface area contributed by atoms with Crippen molar-refractivity contribution >= 4 is 28.2 Å². The SMILES string of the molecule is CCOc1cccc([N+](=O)[O-])c1C(=O)Nc1ccc2[nH]c(C)cc2c1. The number of benzene rings is 2. The van der Waals surface area contributed by atoms with E-state index < -0.39 is 10.8 Å². The van der Waals surface area contributed by atoms with Crippen LogP contribution in [0.3, 0.4) is 0 Å². The predicted molar refractivity (Wildman–Crippen MR) is 95.3 cm³/mol. The maximum atomic E-state index is 12.7. The fourth-order valence-corrected chi connectivity index (χ4v) is 2.72. The molecule has 0 saturated carbocycles. The first-order valence-corrected chi connectivity index (χ1v) is 7.80. The van der Waals surface area contributed by atoms with Crippen LogP contribution in [0.1, 0.15) is 23.0 Å². The number of aromatic amines is 1. The highest BCUT2D eigenvalue weighted by molar-refractivity contribution is 6.09. The van der Waals surface area contributed by atoms with Gasteiger partial charge < -0.3 is 15.0 Å². The molecule has 0 aliphatic rings. The summed E-state index contributed by atoms with van der Waals surface area (Å²) in [6.07, 6.45) is 0. The Morgan fingerprint density at radius 1 is 1.28 bits per heavy atom. The normalized spacial score (nSPS) is 10.6. The second-order valence-electron chi connectivity index (χ2n) is 5.55. The number of nitrogens with one attached hydrogen (secondary N) is 2. The van der Waals surface area contributed by atoms with Gasteiger partial charge in [-0.1, -0.05) is 6.07 Å². The quantitative estimate of drug-likeness (QED) is 0.541. The number of amides is 1. The third-order valence-corrected chi connectivity index (χ3v) is 3.74. The smallest absolute Gasteiger partial charge is 0.285 e. The highest BCUT2D eigenvalue weighted by atomic mass is 16.6. The molecule has 3 rings (SSSR count). The van der Waals surface area contributed by atoms with Gasteiger partial charge in [-0.15, -0.1) is 0 Å². The summed E-state index contributed by atoms with van der Waals surface area (Å²) in [6.45, 7) is 4.00. The van der Waals surface area contributed by atoms with E-state index in [2.05, 4.69) is 10.3 Å². The number of nitro groups is 1. The zero-order valence-corrected chi connectivity index (χ0v) is 13.8. The predicted octanol–water partition coefficient (Wildman–Crippen LogP) is 4.04. The number of hydrogen-bond acceptors (Lipinski definition) is 4. The van der Waals surface area contributed by atoms with Gasteiger partial charge in [0.05, 0.1) is 11.5 Å². The third-order valence-electron chi connectivity index (χ3n) is 3.74. The van der Waals surface area contributed by atoms with Crippen LogP contribution in [-0.4, -0.2) is 22.4 Å². The molecule has 0 radical (unpaired) electrons. The molecule has 1 heterocycles. The number of aryl methyl sites for hydroxylation is 1. The summed E-state index contributed by atoms with van der Waals surface area (Å²) < 4.78 is 5.39. The van der Waals surface area contributed by atoms with E-state index >= 15 is 0 Å². The first kappa shape index (κ1) is 16.5. The highest BCUT2D eigenvalue weighted by Gasteiger charge is 2.25. The summed E-state index contributed by atoms with van der Waals surface area (Å²) in [4.78, 5) is 26.6. The fourth-order valence-electron chi connectivity index (χ4n) is 2.72. The van der Waals surface area contributed by atoms with Crippen molar-refractivity contribution in [3.8, 4) is 5.75 Å². The van der Waals surface area contributed by atoms with E-state index in [9.17, 15) is 14.9 Å². The van der Waals surface area contributed by atoms with Crippen molar-refractivity contribution in [3.63, 3.8) is 0 Å². The van der Waals surface area contributed by atoms with Gasteiger partial charge in [0.2, 0.25) is 0 Å². The molecule has 7 heteroatoms. The fraction of sp³-hybridized carbons (Fsp3) is 0.167.